The molecule has 0 atom stereocenters. The molecular formula is C17H25BrClN3O4. The average molecular weight is 451 g/mol. The summed E-state index contributed by atoms with van der Waals surface area (Å²) in [5.74, 6) is 0.604. The van der Waals surface area contributed by atoms with Crippen LogP contribution in [-0.4, -0.2) is 44.0 Å². The highest BCUT2D eigenvalue weighted by molar-refractivity contribution is 9.10. The molecule has 0 saturated heterocycles. The molecular weight excluding hydrogens is 426 g/mol. The molecule has 0 aliphatic heterocycles. The molecule has 0 bridgehead atoms. The Morgan fingerprint density at radius 2 is 1.77 bits per heavy atom. The third kappa shape index (κ3) is 10.4. The molecule has 0 heterocycles. The first kappa shape index (κ1) is 22.4. The van der Waals surface area contributed by atoms with Crippen LogP contribution in [0.3, 0.4) is 0 Å². The fourth-order valence-corrected chi connectivity index (χ4v) is 2.49. The number of amides is 3. The van der Waals surface area contributed by atoms with Crippen molar-refractivity contribution >= 4 is 39.7 Å². The fraction of sp³-hybridized carbons (Fsp3) is 0.529. The van der Waals surface area contributed by atoms with Crippen molar-refractivity contribution in [2.24, 2.45) is 0 Å². The van der Waals surface area contributed by atoms with E-state index in [4.69, 9.17) is 21.1 Å². The molecule has 0 unspecified atom stereocenters. The molecule has 26 heavy (non-hydrogen) atoms. The molecule has 9 heteroatoms. The molecule has 0 fully saturated rings. The van der Waals surface area contributed by atoms with Gasteiger partial charge in [-0.05, 0) is 45.4 Å². The van der Waals surface area contributed by atoms with Crippen molar-refractivity contribution in [3.05, 3.63) is 27.7 Å². The van der Waals surface area contributed by atoms with Crippen LogP contribution in [0.1, 0.15) is 27.2 Å². The van der Waals surface area contributed by atoms with Gasteiger partial charge in [-0.2, -0.15) is 0 Å². The van der Waals surface area contributed by atoms with Gasteiger partial charge in [-0.25, -0.2) is 9.59 Å². The minimum absolute atomic E-state index is 0.285. The number of carbonyl (C=O) groups excluding carboxylic acids is 2. The number of hydrogen-bond donors (Lipinski definition) is 3. The molecule has 1 aromatic carbocycles. The third-order valence-electron chi connectivity index (χ3n) is 2.84. The lowest BCUT2D eigenvalue weighted by molar-refractivity contribution is 0.0528. The third-order valence-corrected chi connectivity index (χ3v) is 3.63. The van der Waals surface area contributed by atoms with Gasteiger partial charge < -0.3 is 25.4 Å². The van der Waals surface area contributed by atoms with E-state index in [2.05, 4.69) is 31.9 Å². The van der Waals surface area contributed by atoms with E-state index in [9.17, 15) is 9.59 Å². The van der Waals surface area contributed by atoms with Gasteiger partial charge in [-0.1, -0.05) is 27.5 Å². The molecule has 0 saturated carbocycles. The molecule has 3 N–H and O–H groups in total. The summed E-state index contributed by atoms with van der Waals surface area (Å²) in [4.78, 5) is 23.0. The second-order valence-electron chi connectivity index (χ2n) is 6.39. The van der Waals surface area contributed by atoms with Crippen LogP contribution in [0.15, 0.2) is 22.7 Å². The minimum atomic E-state index is -0.544. The maximum Gasteiger partial charge on any atom is 0.407 e. The summed E-state index contributed by atoms with van der Waals surface area (Å²) in [5.41, 5.74) is -0.544. The summed E-state index contributed by atoms with van der Waals surface area (Å²) in [6.07, 6.45) is 0.124. The van der Waals surface area contributed by atoms with Crippen molar-refractivity contribution in [2.75, 3.05) is 26.2 Å². The lowest BCUT2D eigenvalue weighted by Gasteiger charge is -2.19. The lowest BCUT2D eigenvalue weighted by Crippen LogP contribution is -2.41. The Balaban J connectivity index is 2.06. The zero-order valence-electron chi connectivity index (χ0n) is 15.2. The van der Waals surface area contributed by atoms with Crippen molar-refractivity contribution in [1.29, 1.82) is 0 Å². The van der Waals surface area contributed by atoms with Gasteiger partial charge in [0.2, 0.25) is 0 Å². The number of halogens is 2. The zero-order chi connectivity index (χ0) is 19.6. The molecule has 1 rings (SSSR count). The van der Waals surface area contributed by atoms with E-state index in [-0.39, 0.29) is 12.6 Å². The molecule has 0 spiro atoms. The fourth-order valence-electron chi connectivity index (χ4n) is 1.77. The van der Waals surface area contributed by atoms with Crippen LogP contribution in [0.4, 0.5) is 9.59 Å². The first-order valence-electron chi connectivity index (χ1n) is 8.24. The van der Waals surface area contributed by atoms with Gasteiger partial charge in [0.1, 0.15) is 11.4 Å². The average Bonchev–Trinajstić information content (AvgIpc) is 2.51. The van der Waals surface area contributed by atoms with Crippen LogP contribution in [0, 0.1) is 0 Å². The van der Waals surface area contributed by atoms with Crippen LogP contribution in [0.5, 0.6) is 5.75 Å². The lowest BCUT2D eigenvalue weighted by atomic mass is 10.2. The Labute approximate surface area is 167 Å². The van der Waals surface area contributed by atoms with E-state index in [0.717, 1.165) is 4.47 Å². The van der Waals surface area contributed by atoms with E-state index in [1.807, 2.05) is 6.07 Å². The molecule has 0 aliphatic carbocycles. The second-order valence-corrected chi connectivity index (χ2v) is 7.71. The monoisotopic (exact) mass is 449 g/mol. The first-order valence-corrected chi connectivity index (χ1v) is 9.41. The maximum atomic E-state index is 11.6. The number of urea groups is 1. The Hall–Kier alpha value is -1.67. The summed E-state index contributed by atoms with van der Waals surface area (Å²) in [5, 5.41) is 8.43. The number of carbonyl (C=O) groups is 2. The summed E-state index contributed by atoms with van der Waals surface area (Å²) in [6, 6.07) is 5.08. The van der Waals surface area contributed by atoms with Gasteiger partial charge in [0.15, 0.2) is 0 Å². The highest BCUT2D eigenvalue weighted by Crippen LogP contribution is 2.27. The Kier molecular flexibility index (Phi) is 9.58. The summed E-state index contributed by atoms with van der Waals surface area (Å²) in [7, 11) is 0. The molecule has 7 nitrogen and oxygen atoms in total. The van der Waals surface area contributed by atoms with Gasteiger partial charge in [0, 0.05) is 24.1 Å². The van der Waals surface area contributed by atoms with Crippen molar-refractivity contribution < 1.29 is 19.1 Å². The van der Waals surface area contributed by atoms with E-state index in [1.54, 1.807) is 32.9 Å². The van der Waals surface area contributed by atoms with Crippen molar-refractivity contribution in [3.63, 3.8) is 0 Å². The van der Waals surface area contributed by atoms with Crippen LogP contribution >= 0.6 is 27.5 Å². The number of benzene rings is 1. The first-order chi connectivity index (χ1) is 12.2. The van der Waals surface area contributed by atoms with Crippen molar-refractivity contribution in [1.82, 2.24) is 16.0 Å². The zero-order valence-corrected chi connectivity index (χ0v) is 17.5. The van der Waals surface area contributed by atoms with E-state index in [0.29, 0.717) is 36.9 Å². The largest absolute Gasteiger partial charge is 0.492 e. The minimum Gasteiger partial charge on any atom is -0.492 e. The van der Waals surface area contributed by atoms with Crippen LogP contribution < -0.4 is 20.7 Å². The van der Waals surface area contributed by atoms with E-state index in [1.165, 1.54) is 0 Å². The summed E-state index contributed by atoms with van der Waals surface area (Å²) in [6.45, 7) is 6.83. The van der Waals surface area contributed by atoms with Crippen molar-refractivity contribution in [2.45, 2.75) is 32.8 Å². The normalized spacial score (nSPS) is 10.8. The highest BCUT2D eigenvalue weighted by atomic mass is 79.9. The van der Waals surface area contributed by atoms with E-state index < -0.39 is 11.7 Å². The van der Waals surface area contributed by atoms with Gasteiger partial charge in [-0.15, -0.1) is 0 Å². The Morgan fingerprint density at radius 1 is 1.12 bits per heavy atom. The molecule has 0 aromatic heterocycles. The molecule has 0 aliphatic rings. The number of nitrogens with one attached hydrogen (secondary N) is 3. The van der Waals surface area contributed by atoms with Crippen molar-refractivity contribution in [3.8, 4) is 5.75 Å². The number of rotatable bonds is 8. The smallest absolute Gasteiger partial charge is 0.407 e. The second kappa shape index (κ2) is 11.1. The maximum absolute atomic E-state index is 11.6. The molecule has 3 amide bonds. The summed E-state index contributed by atoms with van der Waals surface area (Å²) < 4.78 is 11.5. The van der Waals surface area contributed by atoms with Gasteiger partial charge in [0.05, 0.1) is 11.6 Å². The molecule has 1 aromatic rings. The number of ether oxygens (including phenoxy) is 2. The van der Waals surface area contributed by atoms with Gasteiger partial charge in [0.25, 0.3) is 0 Å². The van der Waals surface area contributed by atoms with Gasteiger partial charge in [-0.3, -0.25) is 0 Å². The SMILES string of the molecule is CC(C)(C)OC(=O)NCCNC(=O)NCCCOc1ccc(Br)cc1Cl. The predicted octanol–water partition coefficient (Wildman–Crippen LogP) is 3.70. The standard InChI is InChI=1S/C17H25BrClN3O4/c1-17(2,3)26-16(24)22-9-8-21-15(23)20-7-4-10-25-14-6-5-12(18)11-13(14)19/h5-6,11H,4,7-10H2,1-3H3,(H,22,24)(H2,20,21,23). The summed E-state index contributed by atoms with van der Waals surface area (Å²) >= 11 is 9.37. The van der Waals surface area contributed by atoms with Crippen LogP contribution in [0.25, 0.3) is 0 Å². The van der Waals surface area contributed by atoms with Gasteiger partial charge >= 0.3 is 12.1 Å². The molecule has 146 valence electrons. The van der Waals surface area contributed by atoms with E-state index >= 15 is 0 Å². The highest BCUT2D eigenvalue weighted by Gasteiger charge is 2.15. The number of hydrogen-bond acceptors (Lipinski definition) is 4. The predicted molar refractivity (Wildman–Crippen MR) is 105 cm³/mol. The topological polar surface area (TPSA) is 88.7 Å². The quantitative estimate of drug-likeness (QED) is 0.527. The Morgan fingerprint density at radius 3 is 2.42 bits per heavy atom. The van der Waals surface area contributed by atoms with Crippen LogP contribution in [0.2, 0.25) is 5.02 Å². The van der Waals surface area contributed by atoms with Crippen LogP contribution in [-0.2, 0) is 4.74 Å². The molecule has 0 radical (unpaired) electrons. The number of alkyl carbamates (subject to hydrolysis) is 1. The Bertz CT molecular complexity index is 608.